The van der Waals surface area contributed by atoms with Crippen LogP contribution in [0.4, 0.5) is 0 Å². The SMILES string of the molecule is COc1ccc(OCCC(=O)Cl)c(OC)c1. The Morgan fingerprint density at radius 2 is 2.00 bits per heavy atom. The second-order valence-corrected chi connectivity index (χ2v) is 3.39. The molecule has 0 aliphatic rings. The maximum absolute atomic E-state index is 10.5. The van der Waals surface area contributed by atoms with Crippen molar-refractivity contribution in [1.29, 1.82) is 0 Å². The van der Waals surface area contributed by atoms with E-state index in [1.54, 1.807) is 25.3 Å². The van der Waals surface area contributed by atoms with E-state index in [2.05, 4.69) is 0 Å². The third-order valence-electron chi connectivity index (χ3n) is 1.93. The first-order valence-electron chi connectivity index (χ1n) is 4.70. The standard InChI is InChI=1S/C11H13ClO4/c1-14-8-3-4-9(10(7-8)15-2)16-6-5-11(12)13/h3-4,7H,5-6H2,1-2H3. The number of benzene rings is 1. The first-order chi connectivity index (χ1) is 7.67. The van der Waals surface area contributed by atoms with E-state index in [0.717, 1.165) is 0 Å². The quantitative estimate of drug-likeness (QED) is 0.720. The van der Waals surface area contributed by atoms with Crippen molar-refractivity contribution in [1.82, 2.24) is 0 Å². The van der Waals surface area contributed by atoms with Gasteiger partial charge in [0.1, 0.15) is 5.75 Å². The first-order valence-corrected chi connectivity index (χ1v) is 5.08. The van der Waals surface area contributed by atoms with E-state index >= 15 is 0 Å². The average Bonchev–Trinajstić information content (AvgIpc) is 2.29. The molecule has 88 valence electrons. The van der Waals surface area contributed by atoms with Crippen molar-refractivity contribution in [3.63, 3.8) is 0 Å². The molecule has 0 saturated heterocycles. The summed E-state index contributed by atoms with van der Waals surface area (Å²) in [5, 5.41) is -0.424. The third kappa shape index (κ3) is 3.62. The molecule has 0 amide bonds. The van der Waals surface area contributed by atoms with Crippen LogP contribution >= 0.6 is 11.6 Å². The highest BCUT2D eigenvalue weighted by atomic mass is 35.5. The van der Waals surface area contributed by atoms with Gasteiger partial charge in [0.05, 0.1) is 27.2 Å². The molecule has 0 unspecified atom stereocenters. The topological polar surface area (TPSA) is 44.8 Å². The maximum atomic E-state index is 10.5. The predicted molar refractivity (Wildman–Crippen MR) is 60.5 cm³/mol. The lowest BCUT2D eigenvalue weighted by Gasteiger charge is -2.10. The molecule has 0 heterocycles. The van der Waals surface area contributed by atoms with Gasteiger partial charge >= 0.3 is 0 Å². The van der Waals surface area contributed by atoms with Gasteiger partial charge in [-0.15, -0.1) is 0 Å². The van der Waals surface area contributed by atoms with E-state index in [9.17, 15) is 4.79 Å². The zero-order valence-electron chi connectivity index (χ0n) is 9.16. The van der Waals surface area contributed by atoms with Gasteiger partial charge in [-0.2, -0.15) is 0 Å². The highest BCUT2D eigenvalue weighted by molar-refractivity contribution is 6.63. The molecule has 4 nitrogen and oxygen atoms in total. The fraction of sp³-hybridized carbons (Fsp3) is 0.364. The molecule has 0 saturated carbocycles. The van der Waals surface area contributed by atoms with Gasteiger partial charge in [-0.1, -0.05) is 0 Å². The third-order valence-corrected chi connectivity index (χ3v) is 2.12. The second kappa shape index (κ2) is 6.23. The van der Waals surface area contributed by atoms with Crippen LogP contribution in [0.2, 0.25) is 0 Å². The summed E-state index contributed by atoms with van der Waals surface area (Å²) in [7, 11) is 3.11. The molecular formula is C11H13ClO4. The van der Waals surface area contributed by atoms with Gasteiger partial charge in [0.25, 0.3) is 0 Å². The van der Waals surface area contributed by atoms with Crippen LogP contribution in [-0.4, -0.2) is 26.1 Å². The first kappa shape index (κ1) is 12.6. The molecule has 16 heavy (non-hydrogen) atoms. The predicted octanol–water partition coefficient (Wildman–Crippen LogP) is 2.24. The molecule has 0 N–H and O–H groups in total. The van der Waals surface area contributed by atoms with Crippen molar-refractivity contribution in [3.05, 3.63) is 18.2 Å². The molecule has 0 aromatic heterocycles. The minimum Gasteiger partial charge on any atom is -0.497 e. The normalized spacial score (nSPS) is 9.69. The van der Waals surface area contributed by atoms with Gasteiger partial charge in [-0.05, 0) is 23.7 Å². The molecule has 0 aliphatic carbocycles. The smallest absolute Gasteiger partial charge is 0.225 e. The summed E-state index contributed by atoms with van der Waals surface area (Å²) in [6, 6.07) is 5.18. The van der Waals surface area contributed by atoms with Gasteiger partial charge in [0.15, 0.2) is 11.5 Å². The molecule has 0 fully saturated rings. The molecule has 0 spiro atoms. The number of methoxy groups -OCH3 is 2. The molecular weight excluding hydrogens is 232 g/mol. The highest BCUT2D eigenvalue weighted by Gasteiger charge is 2.06. The zero-order valence-corrected chi connectivity index (χ0v) is 9.91. The second-order valence-electron chi connectivity index (χ2n) is 2.97. The molecule has 0 radical (unpaired) electrons. The van der Waals surface area contributed by atoms with Gasteiger partial charge in [-0.3, -0.25) is 4.79 Å². The van der Waals surface area contributed by atoms with Crippen LogP contribution in [0.25, 0.3) is 0 Å². The van der Waals surface area contributed by atoms with Gasteiger partial charge in [-0.25, -0.2) is 0 Å². The summed E-state index contributed by atoms with van der Waals surface area (Å²) < 4.78 is 15.5. The van der Waals surface area contributed by atoms with E-state index in [1.807, 2.05) is 0 Å². The van der Waals surface area contributed by atoms with E-state index < -0.39 is 5.24 Å². The lowest BCUT2D eigenvalue weighted by Crippen LogP contribution is -2.02. The van der Waals surface area contributed by atoms with Crippen molar-refractivity contribution in [2.75, 3.05) is 20.8 Å². The lowest BCUT2D eigenvalue weighted by molar-refractivity contribution is -0.112. The Balaban J connectivity index is 2.68. The summed E-state index contributed by atoms with van der Waals surface area (Å²) in [6.07, 6.45) is 0.163. The van der Waals surface area contributed by atoms with Crippen molar-refractivity contribution < 1.29 is 19.0 Å². The van der Waals surface area contributed by atoms with Gasteiger partial charge in [0, 0.05) is 6.07 Å². The highest BCUT2D eigenvalue weighted by Crippen LogP contribution is 2.31. The van der Waals surface area contributed by atoms with Crippen LogP contribution < -0.4 is 14.2 Å². The molecule has 1 aromatic carbocycles. The molecule has 0 atom stereocenters. The summed E-state index contributed by atoms with van der Waals surface area (Å²) in [5.74, 6) is 1.79. The molecule has 0 bridgehead atoms. The summed E-state index contributed by atoms with van der Waals surface area (Å²) in [4.78, 5) is 10.5. The Labute approximate surface area is 99.1 Å². The number of carbonyl (C=O) groups is 1. The minimum absolute atomic E-state index is 0.163. The van der Waals surface area contributed by atoms with Crippen LogP contribution in [0.15, 0.2) is 18.2 Å². The van der Waals surface area contributed by atoms with Crippen molar-refractivity contribution >= 4 is 16.8 Å². The number of ether oxygens (including phenoxy) is 3. The molecule has 0 aliphatic heterocycles. The van der Waals surface area contributed by atoms with Gasteiger partial charge < -0.3 is 14.2 Å². The largest absolute Gasteiger partial charge is 0.497 e. The van der Waals surface area contributed by atoms with E-state index in [0.29, 0.717) is 17.2 Å². The Kier molecular flexibility index (Phi) is 4.92. The Morgan fingerprint density at radius 1 is 1.25 bits per heavy atom. The van der Waals surface area contributed by atoms with E-state index in [4.69, 9.17) is 25.8 Å². The van der Waals surface area contributed by atoms with Crippen molar-refractivity contribution in [2.45, 2.75) is 6.42 Å². The van der Waals surface area contributed by atoms with Crippen LogP contribution in [0.5, 0.6) is 17.2 Å². The number of hydrogen-bond acceptors (Lipinski definition) is 4. The summed E-state index contributed by atoms with van der Waals surface area (Å²) >= 11 is 5.20. The van der Waals surface area contributed by atoms with Crippen LogP contribution in [0.1, 0.15) is 6.42 Å². The van der Waals surface area contributed by atoms with Crippen LogP contribution in [0, 0.1) is 0 Å². The van der Waals surface area contributed by atoms with Gasteiger partial charge in [0.2, 0.25) is 5.24 Å². The Hall–Kier alpha value is -1.42. The number of halogens is 1. The number of carbonyl (C=O) groups excluding carboxylic acids is 1. The summed E-state index contributed by atoms with van der Waals surface area (Å²) in [6.45, 7) is 0.227. The molecule has 5 heteroatoms. The molecule has 1 rings (SSSR count). The Morgan fingerprint density at radius 3 is 2.56 bits per heavy atom. The zero-order chi connectivity index (χ0) is 12.0. The fourth-order valence-electron chi connectivity index (χ4n) is 1.14. The Bertz CT molecular complexity index is 365. The lowest BCUT2D eigenvalue weighted by atomic mass is 10.3. The average molecular weight is 245 g/mol. The fourth-order valence-corrected chi connectivity index (χ4v) is 1.21. The monoisotopic (exact) mass is 244 g/mol. The van der Waals surface area contributed by atoms with E-state index in [-0.39, 0.29) is 13.0 Å². The van der Waals surface area contributed by atoms with Crippen LogP contribution in [-0.2, 0) is 4.79 Å². The van der Waals surface area contributed by atoms with Crippen LogP contribution in [0.3, 0.4) is 0 Å². The minimum atomic E-state index is -0.424. The summed E-state index contributed by atoms with van der Waals surface area (Å²) in [5.41, 5.74) is 0. The maximum Gasteiger partial charge on any atom is 0.225 e. The molecule has 1 aromatic rings. The number of rotatable bonds is 6. The number of hydrogen-bond donors (Lipinski definition) is 0. The van der Waals surface area contributed by atoms with E-state index in [1.165, 1.54) is 7.11 Å². The van der Waals surface area contributed by atoms with Crippen molar-refractivity contribution in [2.24, 2.45) is 0 Å². The van der Waals surface area contributed by atoms with Crippen molar-refractivity contribution in [3.8, 4) is 17.2 Å².